The number of thiocarbonyl (C=S) groups is 1. The number of hydrogen-bond donors (Lipinski definition) is 4. The minimum absolute atomic E-state index is 0.146. The number of fused-ring (bicyclic) bond motifs is 1. The monoisotopic (exact) mass is 280 g/mol. The molecule has 0 amide bonds. The molecule has 6 nitrogen and oxygen atoms in total. The van der Waals surface area contributed by atoms with Crippen LogP contribution >= 0.6 is 12.2 Å². The molecule has 0 aliphatic carbocycles. The van der Waals surface area contributed by atoms with Gasteiger partial charge in [0.05, 0.1) is 23.0 Å². The first-order valence-corrected chi connectivity index (χ1v) is 6.00. The molecule has 1 aliphatic heterocycles. The van der Waals surface area contributed by atoms with Crippen LogP contribution in [0.2, 0.25) is 0 Å². The van der Waals surface area contributed by atoms with Crippen LogP contribution in [-0.4, -0.2) is 33.2 Å². The molecule has 100 valence electrons. The Morgan fingerprint density at radius 2 is 2.11 bits per heavy atom. The van der Waals surface area contributed by atoms with Crippen molar-refractivity contribution in [1.82, 2.24) is 5.32 Å². The van der Waals surface area contributed by atoms with Crippen LogP contribution in [0.4, 0.5) is 5.69 Å². The molecule has 2 rings (SSSR count). The summed E-state index contributed by atoms with van der Waals surface area (Å²) in [5, 5.41) is 23.8. The summed E-state index contributed by atoms with van der Waals surface area (Å²) >= 11 is 5.11. The molecule has 1 aromatic carbocycles. The lowest BCUT2D eigenvalue weighted by atomic mass is 10.1. The predicted octanol–water partition coefficient (Wildman–Crippen LogP) is 1.07. The molecule has 0 radical (unpaired) electrons. The van der Waals surface area contributed by atoms with Crippen LogP contribution in [0.5, 0.6) is 0 Å². The summed E-state index contributed by atoms with van der Waals surface area (Å²) in [5.74, 6) is -2.00. The number of anilines is 1. The zero-order valence-electron chi connectivity index (χ0n) is 9.84. The van der Waals surface area contributed by atoms with Crippen molar-refractivity contribution in [2.75, 3.05) is 5.32 Å². The summed E-state index contributed by atoms with van der Waals surface area (Å²) in [4.78, 5) is 22.1. The third-order valence-corrected chi connectivity index (χ3v) is 3.26. The van der Waals surface area contributed by atoms with Gasteiger partial charge in [-0.25, -0.2) is 4.79 Å². The third kappa shape index (κ3) is 3.00. The lowest BCUT2D eigenvalue weighted by molar-refractivity contribution is -0.136. The first-order chi connectivity index (χ1) is 8.97. The van der Waals surface area contributed by atoms with E-state index in [1.54, 1.807) is 6.07 Å². The summed E-state index contributed by atoms with van der Waals surface area (Å²) in [6, 6.07) is 4.13. The lowest BCUT2D eigenvalue weighted by Gasteiger charge is -2.16. The Hall–Kier alpha value is -2.15. The van der Waals surface area contributed by atoms with Crippen LogP contribution in [0.3, 0.4) is 0 Å². The van der Waals surface area contributed by atoms with E-state index in [2.05, 4.69) is 10.6 Å². The van der Waals surface area contributed by atoms with Crippen molar-refractivity contribution in [2.45, 2.75) is 19.0 Å². The summed E-state index contributed by atoms with van der Waals surface area (Å²) < 4.78 is 0. The highest BCUT2D eigenvalue weighted by Crippen LogP contribution is 2.22. The van der Waals surface area contributed by atoms with Gasteiger partial charge in [0.1, 0.15) is 0 Å². The molecule has 0 bridgehead atoms. The Labute approximate surface area is 114 Å². The fourth-order valence-corrected chi connectivity index (χ4v) is 2.09. The number of hydrogen-bond acceptors (Lipinski definition) is 4. The molecular formula is C12H12N2O4S. The van der Waals surface area contributed by atoms with Crippen LogP contribution in [-0.2, 0) is 11.3 Å². The van der Waals surface area contributed by atoms with Gasteiger partial charge in [0.25, 0.3) is 0 Å². The number of rotatable bonds is 3. The zero-order chi connectivity index (χ0) is 14.0. The van der Waals surface area contributed by atoms with Crippen LogP contribution in [0.1, 0.15) is 22.3 Å². The van der Waals surface area contributed by atoms with Crippen molar-refractivity contribution in [3.05, 3.63) is 29.3 Å². The molecule has 1 unspecified atom stereocenters. The van der Waals surface area contributed by atoms with Crippen molar-refractivity contribution in [3.63, 3.8) is 0 Å². The number of aromatic carboxylic acids is 1. The number of benzene rings is 1. The predicted molar refractivity (Wildman–Crippen MR) is 72.5 cm³/mol. The molecule has 4 N–H and O–H groups in total. The second-order valence-electron chi connectivity index (χ2n) is 4.19. The van der Waals surface area contributed by atoms with Crippen LogP contribution < -0.4 is 10.6 Å². The molecule has 1 aliphatic rings. The van der Waals surface area contributed by atoms with E-state index in [-0.39, 0.29) is 12.0 Å². The molecular weight excluding hydrogens is 268 g/mol. The standard InChI is InChI=1S/C12H12N2O4S/c15-10(16)4-9-11(19)13-5-7-2-1-6(12(17)18)3-8(7)14-9/h1-3,9,14H,4-5H2,(H,13,19)(H,15,16)(H,17,18). The number of carboxylic acid groups (broad SMARTS) is 2. The molecule has 0 fully saturated rings. The number of carboxylic acids is 2. The van der Waals surface area contributed by atoms with E-state index < -0.39 is 18.0 Å². The topological polar surface area (TPSA) is 98.7 Å². The number of aliphatic carboxylic acids is 1. The fourth-order valence-electron chi connectivity index (χ4n) is 1.88. The first-order valence-electron chi connectivity index (χ1n) is 5.59. The van der Waals surface area contributed by atoms with E-state index >= 15 is 0 Å². The smallest absolute Gasteiger partial charge is 0.335 e. The van der Waals surface area contributed by atoms with Gasteiger partial charge in [-0.2, -0.15) is 0 Å². The van der Waals surface area contributed by atoms with E-state index in [0.29, 0.717) is 17.2 Å². The van der Waals surface area contributed by atoms with Gasteiger partial charge >= 0.3 is 11.9 Å². The fraction of sp³-hybridized carbons (Fsp3) is 0.250. The Kier molecular flexibility index (Phi) is 3.66. The SMILES string of the molecule is O=C(O)CC1Nc2cc(C(=O)O)ccc2CNC1=S. The summed E-state index contributed by atoms with van der Waals surface area (Å²) in [7, 11) is 0. The Morgan fingerprint density at radius 3 is 2.74 bits per heavy atom. The Bertz CT molecular complexity index is 559. The van der Waals surface area contributed by atoms with Crippen molar-refractivity contribution in [1.29, 1.82) is 0 Å². The molecule has 0 aromatic heterocycles. The molecule has 7 heteroatoms. The largest absolute Gasteiger partial charge is 0.481 e. The Morgan fingerprint density at radius 1 is 1.37 bits per heavy atom. The van der Waals surface area contributed by atoms with E-state index in [0.717, 1.165) is 5.56 Å². The van der Waals surface area contributed by atoms with Crippen molar-refractivity contribution in [3.8, 4) is 0 Å². The van der Waals surface area contributed by atoms with Crippen molar-refractivity contribution in [2.24, 2.45) is 0 Å². The second kappa shape index (κ2) is 5.23. The van der Waals surface area contributed by atoms with E-state index in [1.807, 2.05) is 0 Å². The summed E-state index contributed by atoms with van der Waals surface area (Å²) in [5.41, 5.74) is 1.59. The van der Waals surface area contributed by atoms with E-state index in [1.165, 1.54) is 12.1 Å². The average Bonchev–Trinajstić information content (AvgIpc) is 2.48. The van der Waals surface area contributed by atoms with E-state index in [4.69, 9.17) is 22.4 Å². The van der Waals surface area contributed by atoms with Crippen molar-refractivity contribution < 1.29 is 19.8 Å². The van der Waals surface area contributed by atoms with Crippen LogP contribution in [0.15, 0.2) is 18.2 Å². The normalized spacial score (nSPS) is 17.7. The Balaban J connectivity index is 2.32. The highest BCUT2D eigenvalue weighted by molar-refractivity contribution is 7.80. The number of carbonyl (C=O) groups is 2. The van der Waals surface area contributed by atoms with Gasteiger partial charge in [0.15, 0.2) is 0 Å². The van der Waals surface area contributed by atoms with Crippen LogP contribution in [0.25, 0.3) is 0 Å². The summed E-state index contributed by atoms with van der Waals surface area (Å²) in [6.45, 7) is 0.442. The third-order valence-electron chi connectivity index (χ3n) is 2.83. The van der Waals surface area contributed by atoms with Gasteiger partial charge in [0.2, 0.25) is 0 Å². The van der Waals surface area contributed by atoms with Gasteiger partial charge < -0.3 is 20.8 Å². The maximum absolute atomic E-state index is 10.9. The van der Waals surface area contributed by atoms with Gasteiger partial charge in [0, 0.05) is 12.2 Å². The molecule has 0 saturated carbocycles. The van der Waals surface area contributed by atoms with E-state index in [9.17, 15) is 9.59 Å². The van der Waals surface area contributed by atoms with Gasteiger partial charge in [-0.1, -0.05) is 18.3 Å². The summed E-state index contributed by atoms with van der Waals surface area (Å²) in [6.07, 6.45) is -0.164. The maximum atomic E-state index is 10.9. The second-order valence-corrected chi connectivity index (χ2v) is 4.63. The van der Waals surface area contributed by atoms with Gasteiger partial charge in [-0.05, 0) is 17.7 Å². The molecule has 0 spiro atoms. The zero-order valence-corrected chi connectivity index (χ0v) is 10.7. The number of nitrogens with one attached hydrogen (secondary N) is 2. The maximum Gasteiger partial charge on any atom is 0.335 e. The molecule has 0 saturated heterocycles. The average molecular weight is 280 g/mol. The van der Waals surface area contributed by atoms with Gasteiger partial charge in [-0.3, -0.25) is 4.79 Å². The van der Waals surface area contributed by atoms with Gasteiger partial charge in [-0.15, -0.1) is 0 Å². The minimum atomic E-state index is -1.03. The quantitative estimate of drug-likeness (QED) is 0.615. The highest BCUT2D eigenvalue weighted by atomic mass is 32.1. The molecule has 1 aromatic rings. The molecule has 1 heterocycles. The highest BCUT2D eigenvalue weighted by Gasteiger charge is 2.23. The lowest BCUT2D eigenvalue weighted by Crippen LogP contribution is -2.37. The van der Waals surface area contributed by atoms with Crippen LogP contribution in [0, 0.1) is 0 Å². The molecule has 1 atom stereocenters. The molecule has 19 heavy (non-hydrogen) atoms. The van der Waals surface area contributed by atoms with Crippen molar-refractivity contribution >= 4 is 34.8 Å². The first kappa shape index (κ1) is 13.3. The minimum Gasteiger partial charge on any atom is -0.481 e.